The summed E-state index contributed by atoms with van der Waals surface area (Å²) in [5, 5.41) is 8.08. The van der Waals surface area contributed by atoms with Gasteiger partial charge in [-0.05, 0) is 29.8 Å². The van der Waals surface area contributed by atoms with Crippen LogP contribution in [0.25, 0.3) is 16.8 Å². The molecular weight excluding hydrogens is 319 g/mol. The lowest BCUT2D eigenvalue weighted by Crippen LogP contribution is -2.02. The molecule has 0 amide bonds. The molecular formula is C17H14F3N3O. The summed E-state index contributed by atoms with van der Waals surface area (Å²) in [5.74, 6) is -2.68. The second-order valence-corrected chi connectivity index (χ2v) is 5.97. The van der Waals surface area contributed by atoms with Gasteiger partial charge in [0.2, 0.25) is 0 Å². The summed E-state index contributed by atoms with van der Waals surface area (Å²) in [6.07, 6.45) is 1.85. The third-order valence-electron chi connectivity index (χ3n) is 4.34. The summed E-state index contributed by atoms with van der Waals surface area (Å²) in [5.41, 5.74) is 2.06. The molecule has 7 heteroatoms. The van der Waals surface area contributed by atoms with Gasteiger partial charge in [0, 0.05) is 36.6 Å². The number of fused-ring (bicyclic) bond motifs is 1. The highest BCUT2D eigenvalue weighted by molar-refractivity contribution is 5.73. The molecule has 1 aliphatic rings. The zero-order valence-corrected chi connectivity index (χ0v) is 12.8. The first kappa shape index (κ1) is 15.0. The molecule has 24 heavy (non-hydrogen) atoms. The van der Waals surface area contributed by atoms with Crippen LogP contribution in [0.15, 0.2) is 36.5 Å². The number of benzene rings is 1. The number of nitrogens with zero attached hydrogens (tertiary/aromatic N) is 3. The van der Waals surface area contributed by atoms with Crippen molar-refractivity contribution in [2.75, 3.05) is 7.11 Å². The largest absolute Gasteiger partial charge is 0.496 e. The third-order valence-corrected chi connectivity index (χ3v) is 4.34. The zero-order valence-electron chi connectivity index (χ0n) is 12.8. The molecule has 0 aliphatic heterocycles. The smallest absolute Gasteiger partial charge is 0.252 e. The van der Waals surface area contributed by atoms with Crippen molar-refractivity contribution in [3.63, 3.8) is 0 Å². The van der Waals surface area contributed by atoms with Crippen LogP contribution in [0.2, 0.25) is 0 Å². The second kappa shape index (κ2) is 5.22. The number of methoxy groups -OCH3 is 1. The number of ether oxygens (including phenoxy) is 1. The molecule has 1 unspecified atom stereocenters. The van der Waals surface area contributed by atoms with Crippen LogP contribution >= 0.6 is 0 Å². The standard InChI is InChI=1S/C17H14F3N3O/c1-24-14-8-12(18)2-3-13(14)10-4-5-23-15(6-10)21-22-16(23)7-11-9-17(11,19)20/h2-6,8,11H,7,9H2,1H3. The molecule has 124 valence electrons. The van der Waals surface area contributed by atoms with Gasteiger partial charge >= 0.3 is 0 Å². The number of rotatable bonds is 4. The predicted molar refractivity (Wildman–Crippen MR) is 81.7 cm³/mol. The molecule has 3 aromatic rings. The molecule has 1 aliphatic carbocycles. The summed E-state index contributed by atoms with van der Waals surface area (Å²) in [6, 6.07) is 7.87. The molecule has 0 radical (unpaired) electrons. The Balaban J connectivity index is 1.70. The van der Waals surface area contributed by atoms with Crippen LogP contribution in [0.3, 0.4) is 0 Å². The molecule has 4 nitrogen and oxygen atoms in total. The highest BCUT2D eigenvalue weighted by Crippen LogP contribution is 2.50. The van der Waals surface area contributed by atoms with Gasteiger partial charge in [-0.15, -0.1) is 10.2 Å². The van der Waals surface area contributed by atoms with E-state index in [-0.39, 0.29) is 18.7 Å². The van der Waals surface area contributed by atoms with Gasteiger partial charge in [0.1, 0.15) is 17.4 Å². The van der Waals surface area contributed by atoms with Gasteiger partial charge in [-0.3, -0.25) is 4.40 Å². The lowest BCUT2D eigenvalue weighted by atomic mass is 10.1. The molecule has 2 aromatic heterocycles. The average molecular weight is 333 g/mol. The summed E-state index contributed by atoms with van der Waals surface area (Å²) < 4.78 is 46.4. The fourth-order valence-corrected chi connectivity index (χ4v) is 2.86. The van der Waals surface area contributed by atoms with Crippen molar-refractivity contribution < 1.29 is 17.9 Å². The quantitative estimate of drug-likeness (QED) is 0.730. The molecule has 0 spiro atoms. The van der Waals surface area contributed by atoms with E-state index < -0.39 is 11.8 Å². The minimum absolute atomic E-state index is 0.0905. The van der Waals surface area contributed by atoms with E-state index in [4.69, 9.17) is 4.74 Å². The second-order valence-electron chi connectivity index (χ2n) is 5.97. The van der Waals surface area contributed by atoms with Gasteiger partial charge < -0.3 is 4.74 Å². The zero-order chi connectivity index (χ0) is 16.9. The number of aromatic nitrogens is 3. The maximum Gasteiger partial charge on any atom is 0.252 e. The summed E-state index contributed by atoms with van der Waals surface area (Å²) in [4.78, 5) is 0. The lowest BCUT2D eigenvalue weighted by molar-refractivity contribution is 0.0984. The Labute approximate surface area is 135 Å². The number of alkyl halides is 2. The minimum atomic E-state index is -2.58. The van der Waals surface area contributed by atoms with Crippen LogP contribution in [0.1, 0.15) is 12.2 Å². The average Bonchev–Trinajstić information content (AvgIpc) is 2.98. The number of hydrogen-bond acceptors (Lipinski definition) is 3. The van der Waals surface area contributed by atoms with E-state index in [0.717, 1.165) is 11.1 Å². The Hall–Kier alpha value is -2.57. The fraction of sp³-hybridized carbons (Fsp3) is 0.294. The molecule has 1 atom stereocenters. The summed E-state index contributed by atoms with van der Waals surface area (Å²) >= 11 is 0. The predicted octanol–water partition coefficient (Wildman–Crippen LogP) is 3.74. The van der Waals surface area contributed by atoms with Crippen LogP contribution in [0.4, 0.5) is 13.2 Å². The lowest BCUT2D eigenvalue weighted by Gasteiger charge is -2.09. The van der Waals surface area contributed by atoms with Crippen LogP contribution in [0, 0.1) is 11.7 Å². The van der Waals surface area contributed by atoms with Crippen molar-refractivity contribution in [2.45, 2.75) is 18.8 Å². The van der Waals surface area contributed by atoms with Gasteiger partial charge in [-0.25, -0.2) is 13.2 Å². The molecule has 0 saturated heterocycles. The van der Waals surface area contributed by atoms with Gasteiger partial charge in [0.25, 0.3) is 5.92 Å². The molecule has 2 heterocycles. The first-order valence-corrected chi connectivity index (χ1v) is 7.53. The van der Waals surface area contributed by atoms with Crippen molar-refractivity contribution in [1.29, 1.82) is 0 Å². The van der Waals surface area contributed by atoms with Crippen molar-refractivity contribution in [2.24, 2.45) is 5.92 Å². The van der Waals surface area contributed by atoms with Crippen molar-refractivity contribution in [1.82, 2.24) is 14.6 Å². The topological polar surface area (TPSA) is 39.4 Å². The van der Waals surface area contributed by atoms with Gasteiger partial charge in [-0.1, -0.05) is 0 Å². The summed E-state index contributed by atoms with van der Waals surface area (Å²) in [7, 11) is 1.47. The van der Waals surface area contributed by atoms with E-state index in [2.05, 4.69) is 10.2 Å². The number of hydrogen-bond donors (Lipinski definition) is 0. The van der Waals surface area contributed by atoms with Crippen LogP contribution in [-0.4, -0.2) is 27.6 Å². The molecule has 4 rings (SSSR count). The normalized spacial score (nSPS) is 18.8. The van der Waals surface area contributed by atoms with E-state index in [9.17, 15) is 13.2 Å². The van der Waals surface area contributed by atoms with Gasteiger partial charge in [0.15, 0.2) is 5.65 Å². The molecule has 1 fully saturated rings. The third kappa shape index (κ3) is 2.50. The first-order chi connectivity index (χ1) is 11.5. The highest BCUT2D eigenvalue weighted by atomic mass is 19.3. The van der Waals surface area contributed by atoms with E-state index in [1.165, 1.54) is 19.2 Å². The van der Waals surface area contributed by atoms with Crippen LogP contribution in [-0.2, 0) is 6.42 Å². The Bertz CT molecular complexity index is 923. The van der Waals surface area contributed by atoms with Crippen molar-refractivity contribution in [3.8, 4) is 16.9 Å². The SMILES string of the molecule is COc1cc(F)ccc1-c1ccn2c(CC3CC3(F)F)nnc2c1. The Kier molecular flexibility index (Phi) is 3.26. The van der Waals surface area contributed by atoms with Crippen molar-refractivity contribution >= 4 is 5.65 Å². The van der Waals surface area contributed by atoms with Crippen LogP contribution in [0.5, 0.6) is 5.75 Å². The van der Waals surface area contributed by atoms with Gasteiger partial charge in [-0.2, -0.15) is 0 Å². The van der Waals surface area contributed by atoms with Gasteiger partial charge in [0.05, 0.1) is 7.11 Å². The molecule has 1 saturated carbocycles. The first-order valence-electron chi connectivity index (χ1n) is 7.53. The van der Waals surface area contributed by atoms with E-state index >= 15 is 0 Å². The number of pyridine rings is 1. The summed E-state index contributed by atoms with van der Waals surface area (Å²) in [6.45, 7) is 0. The highest BCUT2D eigenvalue weighted by Gasteiger charge is 2.56. The maximum atomic E-state index is 13.3. The van der Waals surface area contributed by atoms with E-state index in [0.29, 0.717) is 17.2 Å². The van der Waals surface area contributed by atoms with Crippen LogP contribution < -0.4 is 4.74 Å². The minimum Gasteiger partial charge on any atom is -0.496 e. The molecule has 0 bridgehead atoms. The monoisotopic (exact) mass is 333 g/mol. The Morgan fingerprint density at radius 2 is 2.04 bits per heavy atom. The molecule has 1 aromatic carbocycles. The molecule has 0 N–H and O–H groups in total. The number of halogens is 3. The maximum absolute atomic E-state index is 13.3. The van der Waals surface area contributed by atoms with Crippen molar-refractivity contribution in [3.05, 3.63) is 48.2 Å². The van der Waals surface area contributed by atoms with E-state index in [1.807, 2.05) is 0 Å². The van der Waals surface area contributed by atoms with E-state index in [1.54, 1.807) is 28.8 Å². The Morgan fingerprint density at radius 3 is 2.75 bits per heavy atom. The Morgan fingerprint density at radius 1 is 1.25 bits per heavy atom. The fourth-order valence-electron chi connectivity index (χ4n) is 2.86.